The largest absolute Gasteiger partial charge is 0.382 e. The second-order valence-corrected chi connectivity index (χ2v) is 3.85. The summed E-state index contributed by atoms with van der Waals surface area (Å²) in [6.07, 6.45) is 1.33. The van der Waals surface area contributed by atoms with Crippen LogP contribution in [-0.4, -0.2) is 27.2 Å². The summed E-state index contributed by atoms with van der Waals surface area (Å²) in [6, 6.07) is 4.34. The third-order valence-corrected chi connectivity index (χ3v) is 2.55. The van der Waals surface area contributed by atoms with Crippen molar-refractivity contribution in [1.29, 1.82) is 0 Å². The molecule has 0 fully saturated rings. The number of hydrogen-bond donors (Lipinski definition) is 2. The van der Waals surface area contributed by atoms with Crippen molar-refractivity contribution in [3.05, 3.63) is 35.9 Å². The number of aromatic nitrogens is 3. The molecule has 0 radical (unpaired) electrons. The molecule has 0 saturated heterocycles. The number of carbonyl (C=O) groups is 1. The van der Waals surface area contributed by atoms with Crippen molar-refractivity contribution < 1.29 is 9.18 Å². The summed E-state index contributed by atoms with van der Waals surface area (Å²) >= 11 is 0. The smallest absolute Gasteiger partial charge is 0.260 e. The molecule has 2 N–H and O–H groups in total. The highest BCUT2D eigenvalue weighted by Crippen LogP contribution is 2.20. The summed E-state index contributed by atoms with van der Waals surface area (Å²) in [7, 11) is 1.65. The Hall–Kier alpha value is -2.44. The van der Waals surface area contributed by atoms with E-state index in [9.17, 15) is 9.18 Å². The lowest BCUT2D eigenvalue weighted by atomic mass is 10.1. The second-order valence-electron chi connectivity index (χ2n) is 3.85. The van der Waals surface area contributed by atoms with Crippen LogP contribution in [0, 0.1) is 5.82 Å². The van der Waals surface area contributed by atoms with Gasteiger partial charge in [0.25, 0.3) is 5.91 Å². The Morgan fingerprint density at radius 2 is 2.26 bits per heavy atom. The maximum Gasteiger partial charge on any atom is 0.260 e. The Morgan fingerprint density at radius 1 is 1.47 bits per heavy atom. The number of hydrogen-bond acceptors (Lipinski definition) is 4. The van der Waals surface area contributed by atoms with Gasteiger partial charge in [-0.15, -0.1) is 0 Å². The summed E-state index contributed by atoms with van der Waals surface area (Å²) in [5.41, 5.74) is 0.412. The number of amides is 1. The average molecular weight is 263 g/mol. The number of nitrogens with one attached hydrogen (secondary N) is 2. The fourth-order valence-electron chi connectivity index (χ4n) is 1.65. The van der Waals surface area contributed by atoms with Gasteiger partial charge in [-0.05, 0) is 19.1 Å². The van der Waals surface area contributed by atoms with E-state index >= 15 is 0 Å². The molecule has 0 saturated carbocycles. The Labute approximate surface area is 109 Å². The molecule has 0 aliphatic rings. The highest BCUT2D eigenvalue weighted by Gasteiger charge is 2.16. The summed E-state index contributed by atoms with van der Waals surface area (Å²) in [6.45, 7) is 2.35. The molecule has 19 heavy (non-hydrogen) atoms. The van der Waals surface area contributed by atoms with Crippen molar-refractivity contribution in [3.63, 3.8) is 0 Å². The molecule has 1 aromatic carbocycles. The molecule has 2 aromatic rings. The molecule has 7 heteroatoms. The first-order valence-corrected chi connectivity index (χ1v) is 5.81. The van der Waals surface area contributed by atoms with Gasteiger partial charge in [0.05, 0.1) is 11.3 Å². The van der Waals surface area contributed by atoms with Gasteiger partial charge in [-0.3, -0.25) is 10.1 Å². The van der Waals surface area contributed by atoms with Crippen molar-refractivity contribution in [2.24, 2.45) is 7.05 Å². The predicted octanol–water partition coefficient (Wildman–Crippen LogP) is 1.64. The molecule has 0 unspecified atom stereocenters. The zero-order chi connectivity index (χ0) is 13.8. The van der Waals surface area contributed by atoms with Crippen LogP contribution in [0.15, 0.2) is 24.5 Å². The molecule has 0 spiro atoms. The quantitative estimate of drug-likeness (QED) is 0.879. The summed E-state index contributed by atoms with van der Waals surface area (Å²) < 4.78 is 15.1. The predicted molar refractivity (Wildman–Crippen MR) is 69.5 cm³/mol. The van der Waals surface area contributed by atoms with E-state index in [-0.39, 0.29) is 11.3 Å². The van der Waals surface area contributed by atoms with Crippen molar-refractivity contribution in [2.45, 2.75) is 6.92 Å². The normalized spacial score (nSPS) is 10.3. The molecule has 2 rings (SSSR count). The molecule has 0 aliphatic heterocycles. The first-order chi connectivity index (χ1) is 9.13. The van der Waals surface area contributed by atoms with E-state index in [1.165, 1.54) is 23.1 Å². The molecule has 1 amide bonds. The van der Waals surface area contributed by atoms with E-state index in [4.69, 9.17) is 0 Å². The number of benzene rings is 1. The van der Waals surface area contributed by atoms with Crippen LogP contribution in [0.25, 0.3) is 0 Å². The van der Waals surface area contributed by atoms with Crippen molar-refractivity contribution in [3.8, 4) is 0 Å². The zero-order valence-corrected chi connectivity index (χ0v) is 10.6. The number of para-hydroxylation sites is 1. The van der Waals surface area contributed by atoms with Crippen LogP contribution in [0.4, 0.5) is 16.0 Å². The van der Waals surface area contributed by atoms with Gasteiger partial charge in [0.15, 0.2) is 0 Å². The number of rotatable bonds is 4. The topological polar surface area (TPSA) is 71.8 Å². The van der Waals surface area contributed by atoms with Crippen LogP contribution in [-0.2, 0) is 7.05 Å². The Kier molecular flexibility index (Phi) is 3.74. The van der Waals surface area contributed by atoms with Gasteiger partial charge in [0, 0.05) is 13.6 Å². The monoisotopic (exact) mass is 263 g/mol. The van der Waals surface area contributed by atoms with Crippen LogP contribution in [0.2, 0.25) is 0 Å². The number of nitrogens with zero attached hydrogens (tertiary/aromatic N) is 3. The minimum Gasteiger partial charge on any atom is -0.382 e. The lowest BCUT2D eigenvalue weighted by Crippen LogP contribution is -2.18. The highest BCUT2D eigenvalue weighted by molar-refractivity contribution is 6.07. The molecular weight excluding hydrogens is 249 g/mol. The van der Waals surface area contributed by atoms with Crippen LogP contribution < -0.4 is 10.6 Å². The van der Waals surface area contributed by atoms with E-state index in [0.29, 0.717) is 12.5 Å². The van der Waals surface area contributed by atoms with E-state index in [0.717, 1.165) is 0 Å². The van der Waals surface area contributed by atoms with Crippen LogP contribution in [0.1, 0.15) is 17.3 Å². The van der Waals surface area contributed by atoms with E-state index < -0.39 is 11.7 Å². The number of aryl methyl sites for hydroxylation is 1. The number of halogens is 1. The van der Waals surface area contributed by atoms with Crippen LogP contribution in [0.5, 0.6) is 0 Å². The molecule has 0 atom stereocenters. The van der Waals surface area contributed by atoms with Gasteiger partial charge in [-0.1, -0.05) is 6.07 Å². The third-order valence-electron chi connectivity index (χ3n) is 2.55. The summed E-state index contributed by atoms with van der Waals surface area (Å²) in [4.78, 5) is 16.0. The fourth-order valence-corrected chi connectivity index (χ4v) is 1.65. The Balaban J connectivity index is 2.29. The first-order valence-electron chi connectivity index (χ1n) is 5.81. The maximum atomic E-state index is 13.7. The van der Waals surface area contributed by atoms with Gasteiger partial charge in [-0.2, -0.15) is 10.1 Å². The minimum atomic E-state index is -0.465. The molecule has 1 aromatic heterocycles. The van der Waals surface area contributed by atoms with E-state index in [2.05, 4.69) is 20.7 Å². The Bertz CT molecular complexity index is 596. The zero-order valence-electron chi connectivity index (χ0n) is 10.6. The van der Waals surface area contributed by atoms with Crippen molar-refractivity contribution in [1.82, 2.24) is 14.8 Å². The third kappa shape index (κ3) is 2.70. The van der Waals surface area contributed by atoms with Gasteiger partial charge < -0.3 is 5.32 Å². The lowest BCUT2D eigenvalue weighted by Gasteiger charge is -2.11. The molecule has 6 nitrogen and oxygen atoms in total. The molecule has 100 valence electrons. The maximum absolute atomic E-state index is 13.7. The highest BCUT2D eigenvalue weighted by atomic mass is 19.1. The van der Waals surface area contributed by atoms with Gasteiger partial charge in [0.2, 0.25) is 5.95 Å². The molecule has 1 heterocycles. The average Bonchev–Trinajstić information content (AvgIpc) is 2.78. The van der Waals surface area contributed by atoms with Crippen molar-refractivity contribution in [2.75, 3.05) is 17.2 Å². The lowest BCUT2D eigenvalue weighted by molar-refractivity contribution is 0.102. The number of carbonyl (C=O) groups excluding carboxylic acids is 1. The van der Waals surface area contributed by atoms with Gasteiger partial charge in [-0.25, -0.2) is 9.07 Å². The van der Waals surface area contributed by atoms with Gasteiger partial charge in [0.1, 0.15) is 12.1 Å². The number of anilines is 2. The van der Waals surface area contributed by atoms with Gasteiger partial charge >= 0.3 is 0 Å². The van der Waals surface area contributed by atoms with Crippen molar-refractivity contribution >= 4 is 17.5 Å². The standard InChI is InChI=1S/C12H14FN5O/c1-3-14-10-8(5-4-6-9(10)13)11(19)17-12-15-7-16-18(12)2/h4-7,14H,3H2,1-2H3,(H,15,16,17,19). The van der Waals surface area contributed by atoms with Crippen LogP contribution >= 0.6 is 0 Å². The minimum absolute atomic E-state index is 0.185. The molecular formula is C12H14FN5O. The molecule has 0 bridgehead atoms. The Morgan fingerprint density at radius 3 is 2.89 bits per heavy atom. The SMILES string of the molecule is CCNc1c(F)cccc1C(=O)Nc1ncnn1C. The first kappa shape index (κ1) is 13.0. The fraction of sp³-hybridized carbons (Fsp3) is 0.250. The molecule has 0 aliphatic carbocycles. The summed E-state index contributed by atoms with van der Waals surface area (Å²) in [5, 5.41) is 9.26. The van der Waals surface area contributed by atoms with E-state index in [1.54, 1.807) is 13.1 Å². The van der Waals surface area contributed by atoms with E-state index in [1.807, 2.05) is 6.92 Å². The second kappa shape index (κ2) is 5.47. The van der Waals surface area contributed by atoms with Crippen LogP contribution in [0.3, 0.4) is 0 Å². The summed E-state index contributed by atoms with van der Waals surface area (Å²) in [5.74, 6) is -0.601.